The summed E-state index contributed by atoms with van der Waals surface area (Å²) in [5.41, 5.74) is 0. The zero-order valence-corrected chi connectivity index (χ0v) is 12.8. The Balaban J connectivity index is 1.98. The molecule has 4 heteroatoms. The number of hydrogen-bond donors (Lipinski definition) is 0. The molecule has 1 fully saturated rings. The summed E-state index contributed by atoms with van der Waals surface area (Å²) in [6, 6.07) is 3.74. The molecular formula is C16H22O3S. The van der Waals surface area contributed by atoms with Gasteiger partial charge in [0.05, 0.1) is 18.4 Å². The van der Waals surface area contributed by atoms with Crippen LogP contribution in [0.2, 0.25) is 0 Å². The van der Waals surface area contributed by atoms with Gasteiger partial charge < -0.3 is 4.74 Å². The Hall–Kier alpha value is -1.16. The van der Waals surface area contributed by atoms with Gasteiger partial charge in [-0.2, -0.15) is 0 Å². The van der Waals surface area contributed by atoms with Gasteiger partial charge >= 0.3 is 5.97 Å². The Morgan fingerprint density at radius 1 is 1.15 bits per heavy atom. The fourth-order valence-corrected chi connectivity index (χ4v) is 3.75. The zero-order valence-electron chi connectivity index (χ0n) is 12.0. The van der Waals surface area contributed by atoms with Gasteiger partial charge in [0, 0.05) is 10.8 Å². The minimum atomic E-state index is -0.253. The third-order valence-corrected chi connectivity index (χ3v) is 5.03. The summed E-state index contributed by atoms with van der Waals surface area (Å²) in [5, 5.41) is 0. The molecule has 110 valence electrons. The summed E-state index contributed by atoms with van der Waals surface area (Å²) in [6.07, 6.45) is 8.44. The highest BCUT2D eigenvalue weighted by atomic mass is 32.1. The van der Waals surface area contributed by atoms with E-state index in [1.54, 1.807) is 0 Å². The second-order valence-electron chi connectivity index (χ2n) is 5.43. The van der Waals surface area contributed by atoms with Crippen molar-refractivity contribution in [2.45, 2.75) is 51.4 Å². The molecule has 0 saturated heterocycles. The quantitative estimate of drug-likeness (QED) is 0.622. The molecule has 0 radical (unpaired) electrons. The molecule has 0 atom stereocenters. The molecule has 0 aromatic carbocycles. The fraction of sp³-hybridized carbons (Fsp3) is 0.625. The Morgan fingerprint density at radius 3 is 2.45 bits per heavy atom. The molecule has 1 heterocycles. The Morgan fingerprint density at radius 2 is 1.80 bits per heavy atom. The molecule has 20 heavy (non-hydrogen) atoms. The summed E-state index contributed by atoms with van der Waals surface area (Å²) in [7, 11) is 1.39. The number of thiophene rings is 1. The van der Waals surface area contributed by atoms with Crippen molar-refractivity contribution in [1.82, 2.24) is 0 Å². The molecule has 1 aromatic rings. The maximum absolute atomic E-state index is 12.5. The average Bonchev–Trinajstić information content (AvgIpc) is 2.86. The summed E-state index contributed by atoms with van der Waals surface area (Å²) < 4.78 is 4.65. The van der Waals surface area contributed by atoms with E-state index in [9.17, 15) is 9.59 Å². The Kier molecular flexibility index (Phi) is 5.77. The van der Waals surface area contributed by atoms with Crippen molar-refractivity contribution < 1.29 is 14.3 Å². The van der Waals surface area contributed by atoms with Crippen molar-refractivity contribution >= 4 is 23.1 Å². The minimum absolute atomic E-state index is 0.180. The second-order valence-corrected chi connectivity index (χ2v) is 6.59. The molecule has 1 aliphatic carbocycles. The lowest BCUT2D eigenvalue weighted by atomic mass is 9.88. The zero-order chi connectivity index (χ0) is 14.4. The van der Waals surface area contributed by atoms with Crippen molar-refractivity contribution in [3.05, 3.63) is 21.9 Å². The Labute approximate surface area is 124 Å². The van der Waals surface area contributed by atoms with Gasteiger partial charge in [-0.1, -0.05) is 32.1 Å². The van der Waals surface area contributed by atoms with Crippen LogP contribution in [0.25, 0.3) is 0 Å². The lowest BCUT2D eigenvalue weighted by Crippen LogP contribution is -2.15. The van der Waals surface area contributed by atoms with Crippen LogP contribution in [0.5, 0.6) is 0 Å². The van der Waals surface area contributed by atoms with Crippen LogP contribution < -0.4 is 0 Å². The van der Waals surface area contributed by atoms with Crippen LogP contribution in [0.15, 0.2) is 12.1 Å². The number of Topliss-reactive ketones (excluding diaryl/α,β-unsaturated/α-hetero) is 1. The topological polar surface area (TPSA) is 43.4 Å². The first kappa shape index (κ1) is 15.2. The van der Waals surface area contributed by atoms with Gasteiger partial charge in [0.25, 0.3) is 0 Å². The van der Waals surface area contributed by atoms with Crippen LogP contribution in [0.3, 0.4) is 0 Å². The molecule has 0 amide bonds. The second kappa shape index (κ2) is 7.58. The molecule has 1 aromatic heterocycles. The summed E-state index contributed by atoms with van der Waals surface area (Å²) in [5.74, 6) is 0.199. The fourth-order valence-electron chi connectivity index (χ4n) is 2.74. The monoisotopic (exact) mass is 294 g/mol. The maximum Gasteiger partial charge on any atom is 0.310 e. The normalized spacial score (nSPS) is 17.2. The molecule has 1 saturated carbocycles. The molecule has 2 rings (SSSR count). The minimum Gasteiger partial charge on any atom is -0.469 e. The van der Waals surface area contributed by atoms with Crippen LogP contribution in [0.4, 0.5) is 0 Å². The first-order valence-corrected chi connectivity index (χ1v) is 8.22. The van der Waals surface area contributed by atoms with E-state index in [2.05, 4.69) is 4.74 Å². The number of carbonyl (C=O) groups is 2. The van der Waals surface area contributed by atoms with Crippen molar-refractivity contribution in [3.8, 4) is 0 Å². The first-order chi connectivity index (χ1) is 9.70. The van der Waals surface area contributed by atoms with Gasteiger partial charge in [0.2, 0.25) is 0 Å². The van der Waals surface area contributed by atoms with Gasteiger partial charge in [0.1, 0.15) is 0 Å². The number of hydrogen-bond acceptors (Lipinski definition) is 4. The van der Waals surface area contributed by atoms with E-state index in [0.717, 1.165) is 35.4 Å². The van der Waals surface area contributed by atoms with Crippen LogP contribution in [0.1, 0.15) is 59.5 Å². The number of rotatable bonds is 4. The van der Waals surface area contributed by atoms with Gasteiger partial charge in [-0.25, -0.2) is 0 Å². The van der Waals surface area contributed by atoms with Crippen LogP contribution in [-0.4, -0.2) is 18.9 Å². The highest BCUT2D eigenvalue weighted by Crippen LogP contribution is 2.28. The molecule has 0 bridgehead atoms. The summed E-state index contributed by atoms with van der Waals surface area (Å²) >= 11 is 1.44. The molecule has 3 nitrogen and oxygen atoms in total. The van der Waals surface area contributed by atoms with Crippen molar-refractivity contribution in [1.29, 1.82) is 0 Å². The average molecular weight is 294 g/mol. The highest BCUT2D eigenvalue weighted by molar-refractivity contribution is 7.14. The molecule has 1 aliphatic rings. The van der Waals surface area contributed by atoms with E-state index in [-0.39, 0.29) is 24.1 Å². The first-order valence-electron chi connectivity index (χ1n) is 7.40. The Bertz CT molecular complexity index is 456. The smallest absolute Gasteiger partial charge is 0.310 e. The van der Waals surface area contributed by atoms with E-state index in [1.165, 1.54) is 37.7 Å². The summed E-state index contributed by atoms with van der Waals surface area (Å²) in [6.45, 7) is 0. The van der Waals surface area contributed by atoms with Gasteiger partial charge in [-0.15, -0.1) is 11.3 Å². The van der Waals surface area contributed by atoms with E-state index in [1.807, 2.05) is 12.1 Å². The lowest BCUT2D eigenvalue weighted by molar-refractivity contribution is -0.139. The van der Waals surface area contributed by atoms with E-state index in [4.69, 9.17) is 0 Å². The number of ketones is 1. The third-order valence-electron chi connectivity index (χ3n) is 3.93. The lowest BCUT2D eigenvalue weighted by Gasteiger charge is -2.17. The van der Waals surface area contributed by atoms with Gasteiger partial charge in [-0.3, -0.25) is 9.59 Å². The van der Waals surface area contributed by atoms with E-state index >= 15 is 0 Å². The number of ether oxygens (including phenoxy) is 1. The predicted molar refractivity (Wildman–Crippen MR) is 80.2 cm³/mol. The van der Waals surface area contributed by atoms with Gasteiger partial charge in [0.15, 0.2) is 5.78 Å². The molecule has 0 unspecified atom stereocenters. The number of carbonyl (C=O) groups excluding carboxylic acids is 2. The standard InChI is InChI=1S/C16H22O3S/c1-19-15(17)11-13-9-10-14(20-13)16(18)12-7-5-3-2-4-6-8-12/h9-10,12H,2-8,11H2,1H3. The number of esters is 1. The SMILES string of the molecule is COC(=O)Cc1ccc(C(=O)C2CCCCCCC2)s1. The van der Waals surface area contributed by atoms with Gasteiger partial charge in [-0.05, 0) is 25.0 Å². The van der Waals surface area contributed by atoms with Crippen molar-refractivity contribution in [2.24, 2.45) is 5.92 Å². The molecular weight excluding hydrogens is 272 g/mol. The molecule has 0 spiro atoms. The third kappa shape index (κ3) is 4.17. The van der Waals surface area contributed by atoms with Crippen LogP contribution in [0, 0.1) is 5.92 Å². The van der Waals surface area contributed by atoms with E-state index < -0.39 is 0 Å². The predicted octanol–water partition coefficient (Wildman–Crippen LogP) is 4.01. The van der Waals surface area contributed by atoms with Crippen LogP contribution in [-0.2, 0) is 16.0 Å². The largest absolute Gasteiger partial charge is 0.469 e. The van der Waals surface area contributed by atoms with E-state index in [0.29, 0.717) is 0 Å². The summed E-state index contributed by atoms with van der Waals surface area (Å²) in [4.78, 5) is 25.5. The molecule has 0 aliphatic heterocycles. The van der Waals surface area contributed by atoms with Crippen LogP contribution >= 0.6 is 11.3 Å². The number of methoxy groups -OCH3 is 1. The van der Waals surface area contributed by atoms with Crippen molar-refractivity contribution in [3.63, 3.8) is 0 Å². The highest BCUT2D eigenvalue weighted by Gasteiger charge is 2.22. The van der Waals surface area contributed by atoms with Crippen molar-refractivity contribution in [2.75, 3.05) is 7.11 Å². The molecule has 0 N–H and O–H groups in total. The maximum atomic E-state index is 12.5.